The summed E-state index contributed by atoms with van der Waals surface area (Å²) in [5.41, 5.74) is 0.590. The molecule has 0 saturated carbocycles. The highest BCUT2D eigenvalue weighted by molar-refractivity contribution is 9.10. The van der Waals surface area contributed by atoms with E-state index < -0.39 is 0 Å². The second-order valence-corrected chi connectivity index (χ2v) is 4.79. The van der Waals surface area contributed by atoms with Gasteiger partial charge in [0.1, 0.15) is 11.5 Å². The first-order chi connectivity index (χ1) is 9.20. The fourth-order valence-electron chi connectivity index (χ4n) is 1.66. The SMILES string of the molecule is COc1ccc(C(=O)NCCc2ccco2)cc1Br. The second kappa shape index (κ2) is 6.43. The van der Waals surface area contributed by atoms with Gasteiger partial charge in [-0.2, -0.15) is 0 Å². The van der Waals surface area contributed by atoms with Crippen molar-refractivity contribution in [1.82, 2.24) is 5.32 Å². The van der Waals surface area contributed by atoms with Crippen molar-refractivity contribution in [2.24, 2.45) is 0 Å². The van der Waals surface area contributed by atoms with E-state index in [1.54, 1.807) is 31.6 Å². The third-order valence-electron chi connectivity index (χ3n) is 2.65. The quantitative estimate of drug-likeness (QED) is 0.920. The summed E-state index contributed by atoms with van der Waals surface area (Å²) in [4.78, 5) is 11.9. The van der Waals surface area contributed by atoms with Crippen LogP contribution in [0.25, 0.3) is 0 Å². The molecule has 0 fully saturated rings. The van der Waals surface area contributed by atoms with Crippen LogP contribution in [0.3, 0.4) is 0 Å². The Morgan fingerprint density at radius 3 is 2.89 bits per heavy atom. The predicted molar refractivity (Wildman–Crippen MR) is 75.4 cm³/mol. The maximum absolute atomic E-state index is 11.9. The Morgan fingerprint density at radius 1 is 1.42 bits per heavy atom. The molecule has 5 heteroatoms. The largest absolute Gasteiger partial charge is 0.496 e. The van der Waals surface area contributed by atoms with Crippen molar-refractivity contribution >= 4 is 21.8 Å². The Hall–Kier alpha value is -1.75. The maximum Gasteiger partial charge on any atom is 0.251 e. The van der Waals surface area contributed by atoms with Crippen molar-refractivity contribution in [3.8, 4) is 5.75 Å². The number of nitrogens with one attached hydrogen (secondary N) is 1. The number of rotatable bonds is 5. The van der Waals surface area contributed by atoms with Gasteiger partial charge in [-0.25, -0.2) is 0 Å². The van der Waals surface area contributed by atoms with Gasteiger partial charge in [0, 0.05) is 18.5 Å². The molecule has 0 unspecified atom stereocenters. The van der Waals surface area contributed by atoms with E-state index >= 15 is 0 Å². The first-order valence-electron chi connectivity index (χ1n) is 5.85. The molecule has 1 heterocycles. The van der Waals surface area contributed by atoms with Crippen LogP contribution >= 0.6 is 15.9 Å². The van der Waals surface area contributed by atoms with Gasteiger partial charge in [0.25, 0.3) is 5.91 Å². The highest BCUT2D eigenvalue weighted by atomic mass is 79.9. The van der Waals surface area contributed by atoms with Crippen molar-refractivity contribution in [3.05, 3.63) is 52.4 Å². The summed E-state index contributed by atoms with van der Waals surface area (Å²) in [6.07, 6.45) is 2.30. The summed E-state index contributed by atoms with van der Waals surface area (Å²) in [7, 11) is 1.59. The molecule has 1 aromatic heterocycles. The maximum atomic E-state index is 11.9. The molecular formula is C14H14BrNO3. The molecule has 0 aliphatic carbocycles. The first-order valence-corrected chi connectivity index (χ1v) is 6.64. The molecule has 1 N–H and O–H groups in total. The summed E-state index contributed by atoms with van der Waals surface area (Å²) < 4.78 is 11.1. The molecule has 2 aromatic rings. The van der Waals surface area contributed by atoms with Crippen LogP contribution < -0.4 is 10.1 Å². The van der Waals surface area contributed by atoms with Gasteiger partial charge in [-0.3, -0.25) is 4.79 Å². The molecule has 100 valence electrons. The standard InChI is InChI=1S/C14H14BrNO3/c1-18-13-5-4-10(9-12(13)15)14(17)16-7-6-11-3-2-8-19-11/h2-5,8-9H,6-7H2,1H3,(H,16,17). The number of carbonyl (C=O) groups is 1. The average Bonchev–Trinajstić information content (AvgIpc) is 2.91. The minimum absolute atomic E-state index is 0.116. The smallest absolute Gasteiger partial charge is 0.251 e. The third kappa shape index (κ3) is 3.61. The Balaban J connectivity index is 1.91. The molecule has 0 saturated heterocycles. The zero-order valence-corrected chi connectivity index (χ0v) is 12.1. The second-order valence-electron chi connectivity index (χ2n) is 3.93. The van der Waals surface area contributed by atoms with E-state index in [4.69, 9.17) is 9.15 Å². The fourth-order valence-corrected chi connectivity index (χ4v) is 2.20. The topological polar surface area (TPSA) is 51.5 Å². The van der Waals surface area contributed by atoms with E-state index in [0.29, 0.717) is 24.3 Å². The molecule has 0 spiro atoms. The zero-order valence-electron chi connectivity index (χ0n) is 10.5. The van der Waals surface area contributed by atoms with Crippen molar-refractivity contribution in [1.29, 1.82) is 0 Å². The summed E-state index contributed by atoms with van der Waals surface area (Å²) in [5.74, 6) is 1.44. The van der Waals surface area contributed by atoms with E-state index in [-0.39, 0.29) is 5.91 Å². The molecular weight excluding hydrogens is 310 g/mol. The van der Waals surface area contributed by atoms with E-state index in [1.165, 1.54) is 0 Å². The summed E-state index contributed by atoms with van der Waals surface area (Å²) in [6, 6.07) is 8.94. The zero-order chi connectivity index (χ0) is 13.7. The van der Waals surface area contributed by atoms with Crippen molar-refractivity contribution in [3.63, 3.8) is 0 Å². The van der Waals surface area contributed by atoms with Gasteiger partial charge >= 0.3 is 0 Å². The fraction of sp³-hybridized carbons (Fsp3) is 0.214. The highest BCUT2D eigenvalue weighted by Gasteiger charge is 2.08. The van der Waals surface area contributed by atoms with Gasteiger partial charge in [0.2, 0.25) is 0 Å². The molecule has 1 aromatic carbocycles. The molecule has 0 aliphatic rings. The lowest BCUT2D eigenvalue weighted by Crippen LogP contribution is -2.25. The Labute approximate surface area is 119 Å². The number of ether oxygens (including phenoxy) is 1. The number of benzene rings is 1. The van der Waals surface area contributed by atoms with Crippen molar-refractivity contribution < 1.29 is 13.9 Å². The lowest BCUT2D eigenvalue weighted by molar-refractivity contribution is 0.0953. The van der Waals surface area contributed by atoms with Gasteiger partial charge in [-0.15, -0.1) is 0 Å². The minimum Gasteiger partial charge on any atom is -0.496 e. The van der Waals surface area contributed by atoms with Gasteiger partial charge < -0.3 is 14.5 Å². The summed E-state index contributed by atoms with van der Waals surface area (Å²) in [6.45, 7) is 0.538. The van der Waals surface area contributed by atoms with Gasteiger partial charge in [-0.05, 0) is 46.3 Å². The van der Waals surface area contributed by atoms with Gasteiger partial charge in [-0.1, -0.05) is 0 Å². The lowest BCUT2D eigenvalue weighted by atomic mass is 10.2. The van der Waals surface area contributed by atoms with E-state index in [2.05, 4.69) is 21.2 Å². The molecule has 0 aliphatic heterocycles. The molecule has 19 heavy (non-hydrogen) atoms. The van der Waals surface area contributed by atoms with E-state index in [0.717, 1.165) is 10.2 Å². The van der Waals surface area contributed by atoms with Crippen LogP contribution in [0.4, 0.5) is 0 Å². The van der Waals surface area contributed by atoms with Gasteiger partial charge in [0.15, 0.2) is 0 Å². The van der Waals surface area contributed by atoms with E-state index in [9.17, 15) is 4.79 Å². The summed E-state index contributed by atoms with van der Waals surface area (Å²) >= 11 is 3.36. The Kier molecular flexibility index (Phi) is 4.63. The molecule has 0 bridgehead atoms. The third-order valence-corrected chi connectivity index (χ3v) is 3.27. The molecule has 2 rings (SSSR count). The number of hydrogen-bond acceptors (Lipinski definition) is 3. The van der Waals surface area contributed by atoms with Crippen LogP contribution in [0.2, 0.25) is 0 Å². The first kappa shape index (κ1) is 13.7. The molecule has 4 nitrogen and oxygen atoms in total. The monoisotopic (exact) mass is 323 g/mol. The number of halogens is 1. The summed E-state index contributed by atoms with van der Waals surface area (Å²) in [5, 5.41) is 2.84. The molecule has 0 atom stereocenters. The predicted octanol–water partition coefficient (Wildman–Crippen LogP) is 3.02. The Morgan fingerprint density at radius 2 is 2.26 bits per heavy atom. The van der Waals surface area contributed by atoms with Crippen LogP contribution in [0.15, 0.2) is 45.5 Å². The highest BCUT2D eigenvalue weighted by Crippen LogP contribution is 2.25. The number of hydrogen-bond donors (Lipinski definition) is 1. The van der Waals surface area contributed by atoms with Gasteiger partial charge in [0.05, 0.1) is 17.8 Å². The minimum atomic E-state index is -0.116. The van der Waals surface area contributed by atoms with Crippen LogP contribution in [-0.4, -0.2) is 19.6 Å². The Bertz CT molecular complexity index is 552. The average molecular weight is 324 g/mol. The van der Waals surface area contributed by atoms with Crippen LogP contribution in [0.5, 0.6) is 5.75 Å². The van der Waals surface area contributed by atoms with Crippen molar-refractivity contribution in [2.45, 2.75) is 6.42 Å². The number of carbonyl (C=O) groups excluding carboxylic acids is 1. The van der Waals surface area contributed by atoms with Crippen LogP contribution in [0, 0.1) is 0 Å². The van der Waals surface area contributed by atoms with Crippen molar-refractivity contribution in [2.75, 3.05) is 13.7 Å². The van der Waals surface area contributed by atoms with Crippen LogP contribution in [0.1, 0.15) is 16.1 Å². The van der Waals surface area contributed by atoms with E-state index in [1.807, 2.05) is 12.1 Å². The normalized spacial score (nSPS) is 10.2. The molecule has 1 amide bonds. The molecule has 0 radical (unpaired) electrons. The lowest BCUT2D eigenvalue weighted by Gasteiger charge is -2.07. The number of methoxy groups -OCH3 is 1. The number of amides is 1. The van der Waals surface area contributed by atoms with Crippen LogP contribution in [-0.2, 0) is 6.42 Å². The number of furan rings is 1.